The molecule has 2 aromatic carbocycles. The average Bonchev–Trinajstić information content (AvgIpc) is 2.84. The van der Waals surface area contributed by atoms with Crippen molar-refractivity contribution in [3.05, 3.63) is 78.4 Å². The fourth-order valence-corrected chi connectivity index (χ4v) is 4.12. The topological polar surface area (TPSA) is 74.6 Å². The molecule has 33 heavy (non-hydrogen) atoms. The minimum atomic E-state index is -0.212. The number of halogens is 1. The van der Waals surface area contributed by atoms with Crippen LogP contribution in [0.5, 0.6) is 17.5 Å². The van der Waals surface area contributed by atoms with E-state index in [9.17, 15) is 9.50 Å². The molecule has 1 atom stereocenters. The number of rotatable bonds is 5. The third-order valence-electron chi connectivity index (χ3n) is 6.04. The molecule has 1 aliphatic heterocycles. The second-order valence-electron chi connectivity index (χ2n) is 8.09. The largest absolute Gasteiger partial charge is 0.493 e. The zero-order chi connectivity index (χ0) is 22.8. The Labute approximate surface area is 191 Å². The fourth-order valence-electron chi connectivity index (χ4n) is 4.12. The Bertz CT molecular complexity index is 1260. The molecule has 1 fully saturated rings. The second-order valence-corrected chi connectivity index (χ2v) is 8.09. The highest BCUT2D eigenvalue weighted by molar-refractivity contribution is 5.80. The standard InChI is InChI=1S/C25H24FN5O2/c1-17(18-2-6-20(26)7-3-18)30-10-12-31(13-11-30)23-15-25(28-16-27-23)33-21-8-4-19-5-9-24(32)29-22(19)14-21/h2-9,14-17H,10-13H2,1H3,(H,29,32)/t17-/m0/s1. The molecule has 0 amide bonds. The van der Waals surface area contributed by atoms with Crippen molar-refractivity contribution in [1.82, 2.24) is 19.9 Å². The van der Waals surface area contributed by atoms with Crippen molar-refractivity contribution >= 4 is 16.7 Å². The van der Waals surface area contributed by atoms with Crippen LogP contribution in [0.25, 0.3) is 10.9 Å². The summed E-state index contributed by atoms with van der Waals surface area (Å²) in [7, 11) is 0. The van der Waals surface area contributed by atoms with Gasteiger partial charge in [0, 0.05) is 55.8 Å². The first kappa shape index (κ1) is 21.1. The van der Waals surface area contributed by atoms with Gasteiger partial charge in [-0.1, -0.05) is 12.1 Å². The van der Waals surface area contributed by atoms with E-state index in [-0.39, 0.29) is 17.7 Å². The summed E-state index contributed by atoms with van der Waals surface area (Å²) >= 11 is 0. The normalized spacial score (nSPS) is 15.5. The Balaban J connectivity index is 1.25. The van der Waals surface area contributed by atoms with Crippen molar-refractivity contribution in [2.24, 2.45) is 0 Å². The fraction of sp³-hybridized carbons (Fsp3) is 0.240. The molecule has 0 unspecified atom stereocenters. The van der Waals surface area contributed by atoms with Crippen molar-refractivity contribution < 1.29 is 14.2 Å². The SMILES string of the molecule is C[C@@H](c1ccc(F)cc1)N1CCN(c2cc(Oc3ccc4ccc(O)nc4c3)ncn2)CC1. The van der Waals surface area contributed by atoms with Crippen LogP contribution in [0.15, 0.2) is 67.0 Å². The molecule has 8 heteroatoms. The Hall–Kier alpha value is -3.78. The van der Waals surface area contributed by atoms with Crippen LogP contribution in [0, 0.1) is 5.82 Å². The lowest BCUT2D eigenvalue weighted by Gasteiger charge is -2.38. The van der Waals surface area contributed by atoms with Gasteiger partial charge in [0.15, 0.2) is 0 Å². The van der Waals surface area contributed by atoms with Crippen LogP contribution in [0.4, 0.5) is 10.2 Å². The van der Waals surface area contributed by atoms with Gasteiger partial charge in [-0.05, 0) is 42.8 Å². The minimum absolute atomic E-state index is 0.0307. The van der Waals surface area contributed by atoms with Crippen molar-refractivity contribution in [3.63, 3.8) is 0 Å². The van der Waals surface area contributed by atoms with Crippen LogP contribution in [0.2, 0.25) is 0 Å². The summed E-state index contributed by atoms with van der Waals surface area (Å²) in [5.41, 5.74) is 1.76. The number of hydrogen-bond acceptors (Lipinski definition) is 7. The lowest BCUT2D eigenvalue weighted by Crippen LogP contribution is -2.47. The zero-order valence-electron chi connectivity index (χ0n) is 18.2. The first-order valence-corrected chi connectivity index (χ1v) is 10.9. The molecule has 0 bridgehead atoms. The minimum Gasteiger partial charge on any atom is -0.493 e. The zero-order valence-corrected chi connectivity index (χ0v) is 18.2. The molecule has 2 aromatic heterocycles. The van der Waals surface area contributed by atoms with E-state index >= 15 is 0 Å². The van der Waals surface area contributed by atoms with E-state index in [1.807, 2.05) is 30.3 Å². The van der Waals surface area contributed by atoms with Gasteiger partial charge in [0.05, 0.1) is 5.52 Å². The number of anilines is 1. The number of aromatic hydroxyl groups is 1. The quantitative estimate of drug-likeness (QED) is 0.483. The van der Waals surface area contributed by atoms with Gasteiger partial charge < -0.3 is 14.7 Å². The maximum atomic E-state index is 13.2. The molecule has 7 nitrogen and oxygen atoms in total. The highest BCUT2D eigenvalue weighted by atomic mass is 19.1. The van der Waals surface area contributed by atoms with Crippen molar-refractivity contribution in [1.29, 1.82) is 0 Å². The van der Waals surface area contributed by atoms with Gasteiger partial charge in [-0.3, -0.25) is 4.90 Å². The lowest BCUT2D eigenvalue weighted by atomic mass is 10.1. The van der Waals surface area contributed by atoms with Gasteiger partial charge >= 0.3 is 0 Å². The molecule has 3 heterocycles. The van der Waals surface area contributed by atoms with Gasteiger partial charge in [-0.2, -0.15) is 0 Å². The summed E-state index contributed by atoms with van der Waals surface area (Å²) in [5.74, 6) is 1.60. The molecular formula is C25H24FN5O2. The van der Waals surface area contributed by atoms with Gasteiger partial charge in [-0.25, -0.2) is 19.3 Å². The molecule has 5 rings (SSSR count). The molecule has 0 spiro atoms. The van der Waals surface area contributed by atoms with E-state index in [2.05, 4.69) is 31.7 Å². The Kier molecular flexibility index (Phi) is 5.75. The third-order valence-corrected chi connectivity index (χ3v) is 6.04. The average molecular weight is 445 g/mol. The molecular weight excluding hydrogens is 421 g/mol. The number of benzene rings is 2. The molecule has 1 saturated heterocycles. The maximum Gasteiger partial charge on any atom is 0.224 e. The monoisotopic (exact) mass is 445 g/mol. The lowest BCUT2D eigenvalue weighted by molar-refractivity contribution is 0.198. The van der Waals surface area contributed by atoms with Gasteiger partial charge in [0.2, 0.25) is 11.8 Å². The van der Waals surface area contributed by atoms with Gasteiger partial charge in [-0.15, -0.1) is 0 Å². The van der Waals surface area contributed by atoms with E-state index in [0.717, 1.165) is 42.9 Å². The molecule has 0 saturated carbocycles. The van der Waals surface area contributed by atoms with Crippen LogP contribution in [-0.4, -0.2) is 51.1 Å². The first-order chi connectivity index (χ1) is 16.0. The third kappa shape index (κ3) is 4.70. The van der Waals surface area contributed by atoms with E-state index < -0.39 is 0 Å². The maximum absolute atomic E-state index is 13.2. The molecule has 168 valence electrons. The molecule has 0 radical (unpaired) electrons. The van der Waals surface area contributed by atoms with Crippen LogP contribution >= 0.6 is 0 Å². The number of nitrogens with zero attached hydrogens (tertiary/aromatic N) is 5. The Morgan fingerprint density at radius 1 is 0.939 bits per heavy atom. The highest BCUT2D eigenvalue weighted by Crippen LogP contribution is 2.28. The second kappa shape index (κ2) is 8.99. The number of aromatic nitrogens is 3. The molecule has 4 aromatic rings. The van der Waals surface area contributed by atoms with Gasteiger partial charge in [0.25, 0.3) is 0 Å². The van der Waals surface area contributed by atoms with Crippen molar-refractivity contribution in [2.75, 3.05) is 31.1 Å². The number of fused-ring (bicyclic) bond motifs is 1. The predicted molar refractivity (Wildman–Crippen MR) is 124 cm³/mol. The summed E-state index contributed by atoms with van der Waals surface area (Å²) in [5, 5.41) is 10.5. The predicted octanol–water partition coefficient (Wildman–Crippen LogP) is 4.55. The van der Waals surface area contributed by atoms with Crippen LogP contribution in [0.3, 0.4) is 0 Å². The van der Waals surface area contributed by atoms with Crippen LogP contribution in [-0.2, 0) is 0 Å². The summed E-state index contributed by atoms with van der Waals surface area (Å²) in [6.07, 6.45) is 1.50. The highest BCUT2D eigenvalue weighted by Gasteiger charge is 2.23. The van der Waals surface area contributed by atoms with E-state index in [1.54, 1.807) is 18.2 Å². The number of hydrogen-bond donors (Lipinski definition) is 1. The number of piperazine rings is 1. The Morgan fingerprint density at radius 2 is 1.70 bits per heavy atom. The van der Waals surface area contributed by atoms with Crippen molar-refractivity contribution in [3.8, 4) is 17.5 Å². The Morgan fingerprint density at radius 3 is 2.48 bits per heavy atom. The number of pyridine rings is 1. The van der Waals surface area contributed by atoms with Crippen LogP contribution in [0.1, 0.15) is 18.5 Å². The summed E-state index contributed by atoms with van der Waals surface area (Å²) in [6, 6.07) is 17.6. The summed E-state index contributed by atoms with van der Waals surface area (Å²) in [6.45, 7) is 5.54. The van der Waals surface area contributed by atoms with E-state index in [0.29, 0.717) is 17.1 Å². The molecule has 0 aliphatic carbocycles. The smallest absolute Gasteiger partial charge is 0.224 e. The van der Waals surface area contributed by atoms with Gasteiger partial charge in [0.1, 0.15) is 23.7 Å². The first-order valence-electron chi connectivity index (χ1n) is 10.9. The number of ether oxygens (including phenoxy) is 1. The van der Waals surface area contributed by atoms with Crippen LogP contribution < -0.4 is 9.64 Å². The summed E-state index contributed by atoms with van der Waals surface area (Å²) < 4.78 is 19.2. The summed E-state index contributed by atoms with van der Waals surface area (Å²) in [4.78, 5) is 17.4. The van der Waals surface area contributed by atoms with E-state index in [4.69, 9.17) is 4.74 Å². The van der Waals surface area contributed by atoms with Crippen molar-refractivity contribution in [2.45, 2.75) is 13.0 Å². The molecule has 1 aliphatic rings. The van der Waals surface area contributed by atoms with E-state index in [1.165, 1.54) is 18.5 Å². The molecule has 1 N–H and O–H groups in total.